The molecule has 1 amide bonds. The molecule has 0 fully saturated rings. The third-order valence-corrected chi connectivity index (χ3v) is 11.0. The average molecular weight is 794 g/mol. The van der Waals surface area contributed by atoms with Crippen LogP contribution in [0.5, 0.6) is 0 Å². The van der Waals surface area contributed by atoms with Crippen molar-refractivity contribution in [3.05, 3.63) is 88.5 Å². The second kappa shape index (κ2) is 17.7. The molecule has 58 heavy (non-hydrogen) atoms. The van der Waals surface area contributed by atoms with Crippen LogP contribution in [-0.4, -0.2) is 82.0 Å². The highest BCUT2D eigenvalue weighted by Crippen LogP contribution is 2.41. The molecule has 8 bridgehead atoms. The smallest absolute Gasteiger partial charge is 0.326 e. The van der Waals surface area contributed by atoms with Crippen molar-refractivity contribution < 1.29 is 49.2 Å². The molecule has 0 aromatic carbocycles. The number of amides is 1. The van der Waals surface area contributed by atoms with Gasteiger partial charge in [-0.15, -0.1) is 0 Å². The number of ketones is 1. The van der Waals surface area contributed by atoms with E-state index in [-0.39, 0.29) is 43.3 Å². The van der Waals surface area contributed by atoms with Crippen molar-refractivity contribution in [2.75, 3.05) is 0 Å². The van der Waals surface area contributed by atoms with Crippen molar-refractivity contribution in [1.29, 1.82) is 0 Å². The van der Waals surface area contributed by atoms with E-state index in [4.69, 9.17) is 15.1 Å². The number of H-pyrrole nitrogens is 2. The van der Waals surface area contributed by atoms with E-state index in [0.29, 0.717) is 39.4 Å². The highest BCUT2D eigenvalue weighted by atomic mass is 16.4. The number of carboxylic acids is 4. The summed E-state index contributed by atoms with van der Waals surface area (Å²) in [6.07, 6.45) is 1.86. The minimum atomic E-state index is -1.61. The summed E-state index contributed by atoms with van der Waals surface area (Å²) >= 11 is 0. The number of aromatic amines is 2. The van der Waals surface area contributed by atoms with Gasteiger partial charge in [0.1, 0.15) is 11.8 Å². The maximum atomic E-state index is 13.2. The van der Waals surface area contributed by atoms with Crippen LogP contribution < -0.4 is 5.32 Å². The molecule has 0 saturated carbocycles. The average Bonchev–Trinajstić information content (AvgIpc) is 3.81. The Bertz CT molecular complexity index is 2440. The van der Waals surface area contributed by atoms with E-state index in [9.17, 15) is 44.1 Å². The van der Waals surface area contributed by atoms with Gasteiger partial charge in [0.25, 0.3) is 0 Å². The van der Waals surface area contributed by atoms with Crippen molar-refractivity contribution in [2.45, 2.75) is 90.5 Å². The zero-order valence-electron chi connectivity index (χ0n) is 32.8. The first-order chi connectivity index (χ1) is 27.4. The molecule has 0 spiro atoms. The van der Waals surface area contributed by atoms with Crippen molar-refractivity contribution in [3.63, 3.8) is 0 Å². The summed E-state index contributed by atoms with van der Waals surface area (Å²) in [4.78, 5) is 89.1. The molecule has 4 unspecified atom stereocenters. The molecule has 2 aliphatic heterocycles. The predicted molar refractivity (Wildman–Crippen MR) is 217 cm³/mol. The predicted octanol–water partition coefficient (Wildman–Crippen LogP) is 6.47. The van der Waals surface area contributed by atoms with E-state index < -0.39 is 61.0 Å². The number of fused-ring (bicyclic) bond motifs is 8. The van der Waals surface area contributed by atoms with Crippen LogP contribution in [0.1, 0.15) is 109 Å². The fraction of sp³-hybridized carbons (Fsp3) is 0.349. The molecule has 15 heteroatoms. The molecule has 15 nitrogen and oxygen atoms in total. The number of hydrogen-bond acceptors (Lipinski definition) is 8. The molecule has 0 saturated heterocycles. The molecular formula is C43H47N5O10. The summed E-state index contributed by atoms with van der Waals surface area (Å²) in [5, 5.41) is 39.7. The molecule has 4 atom stereocenters. The lowest BCUT2D eigenvalue weighted by atomic mass is 9.85. The summed E-state index contributed by atoms with van der Waals surface area (Å²) < 4.78 is 0. The lowest BCUT2D eigenvalue weighted by Crippen LogP contribution is -2.42. The van der Waals surface area contributed by atoms with Gasteiger partial charge < -0.3 is 35.7 Å². The third kappa shape index (κ3) is 9.31. The normalized spacial score (nSPS) is 16.0. The van der Waals surface area contributed by atoms with E-state index in [0.717, 1.165) is 38.9 Å². The van der Waals surface area contributed by atoms with Crippen molar-refractivity contribution in [2.24, 2.45) is 5.92 Å². The standard InChI is InChI=1S/C43H47N5O10/c1-7-26-20(3)30-15-31-22(5)28(10-9-25(49)13-24(42(55)56)14-40(51)52)36(46-31)18-37-29(11-12-39(50)48-38(43(57)58)19-41(53)54)23(6)33(47-37)17-35-27(8-2)21(4)32(45-35)16-34(26)44-30/h7-8,15-18,22,24,28,38,44,47H,1-2,9-14,19H2,3-6H3,(H,48,50)(H,51,52)(H,53,54)(H,55,56)(H,57,58). The van der Waals surface area contributed by atoms with Gasteiger partial charge in [0.15, 0.2) is 0 Å². The Hall–Kier alpha value is -6.64. The molecule has 7 N–H and O–H groups in total. The molecule has 5 rings (SSSR count). The molecule has 5 heterocycles. The quantitative estimate of drug-likeness (QED) is 0.0777. The van der Waals surface area contributed by atoms with Gasteiger partial charge in [-0.25, -0.2) is 9.78 Å². The van der Waals surface area contributed by atoms with Crippen LogP contribution in [0.3, 0.4) is 0 Å². The Morgan fingerprint density at radius 1 is 0.759 bits per heavy atom. The zero-order valence-corrected chi connectivity index (χ0v) is 32.8. The molecule has 0 aliphatic carbocycles. The van der Waals surface area contributed by atoms with Gasteiger partial charge >= 0.3 is 23.9 Å². The van der Waals surface area contributed by atoms with Gasteiger partial charge in [0, 0.05) is 75.7 Å². The second-order valence-corrected chi connectivity index (χ2v) is 14.8. The Kier molecular flexibility index (Phi) is 12.9. The SMILES string of the molecule is C=CC1=C(C)c2cc3[nH]c(cc4nc(cc5[nH]c(cc1n2)c(C)c5CCC(=O)NC(CC(=O)O)C(=O)O)C(CCC(=O)CC(CC(=O)O)C(=O)O)C4C)c(C)c3C=C. The number of carbonyl (C=O) groups is 6. The maximum absolute atomic E-state index is 13.2. The third-order valence-electron chi connectivity index (χ3n) is 11.0. The first-order valence-corrected chi connectivity index (χ1v) is 18.8. The number of nitrogens with zero attached hydrogens (tertiary/aromatic N) is 2. The topological polar surface area (TPSA) is 253 Å². The number of rotatable bonds is 17. The van der Waals surface area contributed by atoms with Gasteiger partial charge in [0.2, 0.25) is 5.91 Å². The molecular weight excluding hydrogens is 746 g/mol. The van der Waals surface area contributed by atoms with E-state index in [1.54, 1.807) is 12.2 Å². The van der Waals surface area contributed by atoms with E-state index in [1.807, 2.05) is 52.0 Å². The van der Waals surface area contributed by atoms with E-state index in [2.05, 4.69) is 28.4 Å². The van der Waals surface area contributed by atoms with Gasteiger partial charge in [-0.3, -0.25) is 29.0 Å². The summed E-state index contributed by atoms with van der Waals surface area (Å²) in [5.74, 6) is -8.44. The summed E-state index contributed by atoms with van der Waals surface area (Å²) in [6, 6.07) is 6.03. The lowest BCUT2D eigenvalue weighted by molar-refractivity contribution is -0.149. The van der Waals surface area contributed by atoms with Crippen LogP contribution in [0, 0.1) is 19.8 Å². The Labute approximate surface area is 333 Å². The minimum absolute atomic E-state index is 0.0227. The Morgan fingerprint density at radius 2 is 1.40 bits per heavy atom. The molecule has 0 radical (unpaired) electrons. The second-order valence-electron chi connectivity index (χ2n) is 14.8. The van der Waals surface area contributed by atoms with Crippen LogP contribution in [-0.2, 0) is 35.2 Å². The number of carboxylic acid groups (broad SMARTS) is 4. The fourth-order valence-electron chi connectivity index (χ4n) is 7.65. The van der Waals surface area contributed by atoms with Gasteiger partial charge in [0.05, 0.1) is 30.1 Å². The number of carbonyl (C=O) groups excluding carboxylic acids is 2. The largest absolute Gasteiger partial charge is 0.481 e. The number of aliphatic carboxylic acids is 4. The molecule has 3 aromatic rings. The van der Waals surface area contributed by atoms with Gasteiger partial charge in [-0.2, -0.15) is 0 Å². The van der Waals surface area contributed by atoms with E-state index >= 15 is 0 Å². The number of allylic oxidation sites excluding steroid dienone is 3. The Balaban J connectivity index is 1.69. The van der Waals surface area contributed by atoms with Crippen molar-refractivity contribution in [1.82, 2.24) is 25.3 Å². The van der Waals surface area contributed by atoms with Gasteiger partial charge in [-0.05, 0) is 80.1 Å². The first-order valence-electron chi connectivity index (χ1n) is 18.8. The fourth-order valence-corrected chi connectivity index (χ4v) is 7.65. The molecule has 2 aliphatic rings. The molecule has 304 valence electrons. The zero-order chi connectivity index (χ0) is 42.6. The highest BCUT2D eigenvalue weighted by Gasteiger charge is 2.31. The highest BCUT2D eigenvalue weighted by molar-refractivity contribution is 5.97. The maximum Gasteiger partial charge on any atom is 0.326 e. The Morgan fingerprint density at radius 3 is 2.02 bits per heavy atom. The van der Waals surface area contributed by atoms with Crippen LogP contribution in [0.15, 0.2) is 43.5 Å². The van der Waals surface area contributed by atoms with Gasteiger partial charge in [-0.1, -0.05) is 32.2 Å². The number of nitrogens with one attached hydrogen (secondary N) is 3. The summed E-state index contributed by atoms with van der Waals surface area (Å²) in [6.45, 7) is 15.9. The van der Waals surface area contributed by atoms with Crippen LogP contribution in [0.2, 0.25) is 0 Å². The van der Waals surface area contributed by atoms with Crippen molar-refractivity contribution >= 4 is 74.9 Å². The number of aryl methyl sites for hydroxylation is 3. The molecule has 3 aromatic heterocycles. The van der Waals surface area contributed by atoms with Crippen LogP contribution >= 0.6 is 0 Å². The van der Waals surface area contributed by atoms with Crippen molar-refractivity contribution in [3.8, 4) is 0 Å². The number of aromatic nitrogens is 4. The number of hydrogen-bond donors (Lipinski definition) is 7. The number of Topliss-reactive ketones (excluding diaryl/α,β-unsaturated/α-hetero) is 1. The first kappa shape index (κ1) is 42.5. The van der Waals surface area contributed by atoms with Crippen LogP contribution in [0.4, 0.5) is 0 Å². The van der Waals surface area contributed by atoms with Crippen LogP contribution in [0.25, 0.3) is 39.3 Å². The summed E-state index contributed by atoms with van der Waals surface area (Å²) in [5.41, 5.74) is 10.6. The lowest BCUT2D eigenvalue weighted by Gasteiger charge is -2.16. The monoisotopic (exact) mass is 793 g/mol. The summed E-state index contributed by atoms with van der Waals surface area (Å²) in [7, 11) is 0. The van der Waals surface area contributed by atoms with E-state index in [1.165, 1.54) is 0 Å². The minimum Gasteiger partial charge on any atom is -0.481 e.